The Morgan fingerprint density at radius 1 is 1.17 bits per heavy atom. The van der Waals surface area contributed by atoms with Crippen molar-refractivity contribution >= 4 is 12.6 Å². The van der Waals surface area contributed by atoms with E-state index in [0.29, 0.717) is 10.7 Å². The first-order chi connectivity index (χ1) is 8.68. The number of thiol groups is 1. The van der Waals surface area contributed by atoms with E-state index in [0.717, 1.165) is 23.5 Å². The van der Waals surface area contributed by atoms with E-state index in [1.807, 2.05) is 6.07 Å². The molecule has 0 amide bonds. The Bertz CT molecular complexity index is 504. The molecule has 0 saturated heterocycles. The molecule has 0 N–H and O–H groups in total. The Hall–Kier alpha value is -0.880. The Kier molecular flexibility index (Phi) is 2.18. The first-order valence-electron chi connectivity index (χ1n) is 6.92. The van der Waals surface area contributed by atoms with Crippen LogP contribution in [0.4, 0.5) is 0 Å². The number of nitrogens with zero attached hydrogens (tertiary/aromatic N) is 1. The summed E-state index contributed by atoms with van der Waals surface area (Å²) in [5.41, 5.74) is 0.838. The maximum absolute atomic E-state index is 9.05. The van der Waals surface area contributed by atoms with Crippen LogP contribution < -0.4 is 0 Å². The standard InChI is InChI=1S/C15H17NOS/c16-8-12-4-13(17-14(12)18)15-5-9-1-10(6-15)3-11(2-9)7-15/h4,9-11,18H,1-3,5-7H2. The number of nitriles is 1. The van der Waals surface area contributed by atoms with Crippen LogP contribution in [-0.4, -0.2) is 0 Å². The molecule has 0 unspecified atom stereocenters. The van der Waals surface area contributed by atoms with E-state index in [1.165, 1.54) is 38.5 Å². The molecule has 4 bridgehead atoms. The average Bonchev–Trinajstić information content (AvgIpc) is 2.69. The summed E-state index contributed by atoms with van der Waals surface area (Å²) in [5.74, 6) is 3.74. The highest BCUT2D eigenvalue weighted by Gasteiger charge is 2.53. The smallest absolute Gasteiger partial charge is 0.175 e. The lowest BCUT2D eigenvalue weighted by molar-refractivity contribution is -0.0165. The molecule has 5 rings (SSSR count). The second-order valence-electron chi connectivity index (χ2n) is 6.64. The van der Waals surface area contributed by atoms with Crippen LogP contribution in [-0.2, 0) is 5.41 Å². The topological polar surface area (TPSA) is 36.9 Å². The monoisotopic (exact) mass is 259 g/mol. The van der Waals surface area contributed by atoms with Gasteiger partial charge in [0, 0.05) is 5.41 Å². The van der Waals surface area contributed by atoms with Gasteiger partial charge in [0.05, 0.1) is 0 Å². The van der Waals surface area contributed by atoms with Crippen LogP contribution in [0.5, 0.6) is 0 Å². The minimum atomic E-state index is 0.237. The second kappa shape index (κ2) is 3.57. The third-order valence-electron chi connectivity index (χ3n) is 5.39. The summed E-state index contributed by atoms with van der Waals surface area (Å²) in [6, 6.07) is 4.13. The van der Waals surface area contributed by atoms with Gasteiger partial charge in [0.15, 0.2) is 5.09 Å². The van der Waals surface area contributed by atoms with Gasteiger partial charge in [0.1, 0.15) is 17.4 Å². The molecule has 4 fully saturated rings. The van der Waals surface area contributed by atoms with E-state index >= 15 is 0 Å². The van der Waals surface area contributed by atoms with E-state index in [9.17, 15) is 0 Å². The molecule has 0 aliphatic heterocycles. The highest BCUT2D eigenvalue weighted by atomic mass is 32.1. The predicted molar refractivity (Wildman–Crippen MR) is 70.5 cm³/mol. The van der Waals surface area contributed by atoms with Gasteiger partial charge in [0.2, 0.25) is 0 Å². The van der Waals surface area contributed by atoms with E-state index in [4.69, 9.17) is 9.68 Å². The molecule has 1 aromatic rings. The predicted octanol–water partition coefficient (Wildman–Crippen LogP) is 3.91. The van der Waals surface area contributed by atoms with Crippen LogP contribution in [0, 0.1) is 29.1 Å². The zero-order valence-corrected chi connectivity index (χ0v) is 11.2. The minimum Gasteiger partial charge on any atom is -0.453 e. The molecule has 18 heavy (non-hydrogen) atoms. The quantitative estimate of drug-likeness (QED) is 0.776. The highest BCUT2D eigenvalue weighted by molar-refractivity contribution is 7.80. The van der Waals surface area contributed by atoms with Crippen molar-refractivity contribution in [2.75, 3.05) is 0 Å². The Balaban J connectivity index is 1.77. The number of hydrogen-bond acceptors (Lipinski definition) is 3. The SMILES string of the molecule is N#Cc1cc(C23CC4CC(CC(C4)C2)C3)oc1S. The zero-order valence-electron chi connectivity index (χ0n) is 10.4. The molecule has 3 heteroatoms. The van der Waals surface area contributed by atoms with Crippen molar-refractivity contribution in [3.05, 3.63) is 17.4 Å². The maximum Gasteiger partial charge on any atom is 0.175 e. The molecule has 0 radical (unpaired) electrons. The summed E-state index contributed by atoms with van der Waals surface area (Å²) in [6.07, 6.45) is 8.09. The molecule has 94 valence electrons. The van der Waals surface area contributed by atoms with E-state index in [1.54, 1.807) is 0 Å². The molecule has 1 heterocycles. The lowest BCUT2D eigenvalue weighted by atomic mass is 9.49. The molecule has 0 spiro atoms. The minimum absolute atomic E-state index is 0.237. The Morgan fingerprint density at radius 3 is 2.17 bits per heavy atom. The zero-order chi connectivity index (χ0) is 12.3. The van der Waals surface area contributed by atoms with Crippen molar-refractivity contribution in [1.29, 1.82) is 5.26 Å². The first kappa shape index (κ1) is 11.0. The van der Waals surface area contributed by atoms with Gasteiger partial charge in [-0.25, -0.2) is 0 Å². The molecule has 4 saturated carbocycles. The lowest BCUT2D eigenvalue weighted by Gasteiger charge is -2.55. The summed E-state index contributed by atoms with van der Waals surface area (Å²) in [4.78, 5) is 0. The summed E-state index contributed by atoms with van der Waals surface area (Å²) < 4.78 is 5.83. The fourth-order valence-electron chi connectivity index (χ4n) is 5.14. The van der Waals surface area contributed by atoms with Gasteiger partial charge in [-0.15, -0.1) is 12.6 Å². The summed E-state index contributed by atoms with van der Waals surface area (Å²) in [6.45, 7) is 0. The summed E-state index contributed by atoms with van der Waals surface area (Å²) in [5, 5.41) is 9.56. The lowest BCUT2D eigenvalue weighted by Crippen LogP contribution is -2.48. The summed E-state index contributed by atoms with van der Waals surface area (Å²) in [7, 11) is 0. The molecule has 0 aromatic carbocycles. The Morgan fingerprint density at radius 2 is 1.72 bits per heavy atom. The third-order valence-corrected chi connectivity index (χ3v) is 5.73. The van der Waals surface area contributed by atoms with Gasteiger partial charge in [0.25, 0.3) is 0 Å². The molecule has 4 aliphatic rings. The van der Waals surface area contributed by atoms with Gasteiger partial charge in [-0.2, -0.15) is 5.26 Å². The Labute approximate surface area is 113 Å². The largest absolute Gasteiger partial charge is 0.453 e. The fraction of sp³-hybridized carbons (Fsp3) is 0.667. The van der Waals surface area contributed by atoms with Crippen molar-refractivity contribution in [1.82, 2.24) is 0 Å². The fourth-order valence-corrected chi connectivity index (χ4v) is 5.35. The third kappa shape index (κ3) is 1.42. The van der Waals surface area contributed by atoms with Crippen LogP contribution in [0.1, 0.15) is 49.8 Å². The molecular weight excluding hydrogens is 242 g/mol. The number of furan rings is 1. The van der Waals surface area contributed by atoms with Crippen molar-refractivity contribution in [3.8, 4) is 6.07 Å². The molecule has 0 atom stereocenters. The molecule has 4 aliphatic carbocycles. The van der Waals surface area contributed by atoms with Gasteiger partial charge in [-0.3, -0.25) is 0 Å². The van der Waals surface area contributed by atoms with Gasteiger partial charge in [-0.05, 0) is 62.3 Å². The number of rotatable bonds is 1. The molecule has 2 nitrogen and oxygen atoms in total. The van der Waals surface area contributed by atoms with Crippen LogP contribution in [0.25, 0.3) is 0 Å². The van der Waals surface area contributed by atoms with Gasteiger partial charge < -0.3 is 4.42 Å². The van der Waals surface area contributed by atoms with Gasteiger partial charge >= 0.3 is 0 Å². The van der Waals surface area contributed by atoms with Crippen molar-refractivity contribution in [3.63, 3.8) is 0 Å². The van der Waals surface area contributed by atoms with E-state index in [2.05, 4.69) is 18.7 Å². The van der Waals surface area contributed by atoms with Crippen LogP contribution in [0.2, 0.25) is 0 Å². The van der Waals surface area contributed by atoms with E-state index in [-0.39, 0.29) is 5.41 Å². The van der Waals surface area contributed by atoms with E-state index < -0.39 is 0 Å². The maximum atomic E-state index is 9.05. The molecule has 1 aromatic heterocycles. The van der Waals surface area contributed by atoms with Crippen LogP contribution >= 0.6 is 12.6 Å². The summed E-state index contributed by atoms with van der Waals surface area (Å²) >= 11 is 4.28. The highest BCUT2D eigenvalue weighted by Crippen LogP contribution is 2.61. The second-order valence-corrected chi connectivity index (χ2v) is 7.05. The number of hydrogen-bond donors (Lipinski definition) is 1. The van der Waals surface area contributed by atoms with Crippen molar-refractivity contribution in [2.45, 2.75) is 49.0 Å². The normalized spacial score (nSPS) is 41.0. The van der Waals surface area contributed by atoms with Crippen LogP contribution in [0.3, 0.4) is 0 Å². The average molecular weight is 259 g/mol. The molecular formula is C15H17NOS. The van der Waals surface area contributed by atoms with Gasteiger partial charge in [-0.1, -0.05) is 0 Å². The first-order valence-corrected chi connectivity index (χ1v) is 7.36. The van der Waals surface area contributed by atoms with Crippen LogP contribution in [0.15, 0.2) is 15.6 Å². The van der Waals surface area contributed by atoms with Crippen molar-refractivity contribution in [2.24, 2.45) is 17.8 Å². The van der Waals surface area contributed by atoms with Crippen molar-refractivity contribution < 1.29 is 4.42 Å².